The first-order valence-electron chi connectivity index (χ1n) is 9.73. The smallest absolute Gasteiger partial charge is 0.255 e. The van der Waals surface area contributed by atoms with Crippen molar-refractivity contribution in [3.63, 3.8) is 0 Å². The van der Waals surface area contributed by atoms with Gasteiger partial charge in [-0.1, -0.05) is 48.5 Å². The third-order valence-electron chi connectivity index (χ3n) is 4.58. The van der Waals surface area contributed by atoms with Crippen molar-refractivity contribution in [2.75, 3.05) is 10.6 Å². The van der Waals surface area contributed by atoms with Gasteiger partial charge in [-0.15, -0.1) is 0 Å². The van der Waals surface area contributed by atoms with Crippen LogP contribution in [0.2, 0.25) is 0 Å². The van der Waals surface area contributed by atoms with Gasteiger partial charge in [0.2, 0.25) is 0 Å². The molecule has 0 atom stereocenters. The Labute approximate surface area is 175 Å². The predicted molar refractivity (Wildman–Crippen MR) is 121 cm³/mol. The van der Waals surface area contributed by atoms with Gasteiger partial charge in [0.1, 0.15) is 11.6 Å². The van der Waals surface area contributed by atoms with Crippen LogP contribution in [0.3, 0.4) is 0 Å². The van der Waals surface area contributed by atoms with Crippen molar-refractivity contribution in [2.24, 2.45) is 0 Å². The average molecular weight is 394 g/mol. The quantitative estimate of drug-likeness (QED) is 0.452. The molecule has 0 aliphatic rings. The number of hydrogen-bond acceptors (Lipinski definition) is 4. The van der Waals surface area contributed by atoms with Crippen LogP contribution in [0.5, 0.6) is 0 Å². The van der Waals surface area contributed by atoms with Crippen molar-refractivity contribution >= 4 is 23.1 Å². The van der Waals surface area contributed by atoms with Gasteiger partial charge >= 0.3 is 0 Å². The Morgan fingerprint density at radius 2 is 1.53 bits per heavy atom. The second kappa shape index (κ2) is 8.57. The average Bonchev–Trinajstić information content (AvgIpc) is 2.74. The van der Waals surface area contributed by atoms with E-state index in [4.69, 9.17) is 0 Å². The maximum absolute atomic E-state index is 12.7. The number of aryl methyl sites for hydroxylation is 2. The lowest BCUT2D eigenvalue weighted by Gasteiger charge is -2.11. The molecule has 0 saturated heterocycles. The van der Waals surface area contributed by atoms with Gasteiger partial charge in [-0.2, -0.15) is 0 Å². The molecule has 3 aromatic carbocycles. The molecule has 1 amide bonds. The number of carbonyl (C=O) groups is 1. The molecule has 0 aliphatic carbocycles. The Morgan fingerprint density at radius 1 is 0.767 bits per heavy atom. The maximum atomic E-state index is 12.7. The lowest BCUT2D eigenvalue weighted by atomic mass is 10.1. The third kappa shape index (κ3) is 4.70. The summed E-state index contributed by atoms with van der Waals surface area (Å²) in [5.74, 6) is 1.19. The highest BCUT2D eigenvalue weighted by Gasteiger charge is 2.09. The largest absolute Gasteiger partial charge is 0.340 e. The zero-order valence-electron chi connectivity index (χ0n) is 16.9. The topological polar surface area (TPSA) is 66.9 Å². The number of amides is 1. The molecule has 5 heteroatoms. The number of aromatic nitrogens is 2. The second-order valence-electron chi connectivity index (χ2n) is 7.08. The van der Waals surface area contributed by atoms with E-state index in [0.717, 1.165) is 28.2 Å². The van der Waals surface area contributed by atoms with E-state index in [0.29, 0.717) is 17.2 Å². The molecule has 0 bridgehead atoms. The van der Waals surface area contributed by atoms with Gasteiger partial charge in [-0.05, 0) is 49.7 Å². The van der Waals surface area contributed by atoms with E-state index < -0.39 is 0 Å². The molecule has 0 saturated carbocycles. The Kier molecular flexibility index (Phi) is 5.52. The normalized spacial score (nSPS) is 10.5. The minimum atomic E-state index is -0.159. The van der Waals surface area contributed by atoms with Crippen molar-refractivity contribution in [3.8, 4) is 11.3 Å². The molecular weight excluding hydrogens is 372 g/mol. The maximum Gasteiger partial charge on any atom is 0.255 e. The van der Waals surface area contributed by atoms with Gasteiger partial charge in [0.05, 0.1) is 5.69 Å². The molecule has 0 fully saturated rings. The Hall–Kier alpha value is -3.99. The van der Waals surface area contributed by atoms with Gasteiger partial charge in [-0.3, -0.25) is 4.79 Å². The summed E-state index contributed by atoms with van der Waals surface area (Å²) in [5.41, 5.74) is 5.09. The summed E-state index contributed by atoms with van der Waals surface area (Å²) in [5, 5.41) is 6.23. The summed E-state index contributed by atoms with van der Waals surface area (Å²) in [6, 6.07) is 27.0. The summed E-state index contributed by atoms with van der Waals surface area (Å²) < 4.78 is 0. The fourth-order valence-corrected chi connectivity index (χ4v) is 3.20. The molecule has 2 N–H and O–H groups in total. The molecule has 1 aromatic heterocycles. The van der Waals surface area contributed by atoms with E-state index in [-0.39, 0.29) is 5.91 Å². The molecule has 0 spiro atoms. The molecule has 30 heavy (non-hydrogen) atoms. The number of benzene rings is 3. The molecule has 4 rings (SSSR count). The van der Waals surface area contributed by atoms with Crippen LogP contribution in [-0.4, -0.2) is 15.9 Å². The summed E-state index contributed by atoms with van der Waals surface area (Å²) >= 11 is 0. The van der Waals surface area contributed by atoms with Gasteiger partial charge in [0.15, 0.2) is 0 Å². The minimum Gasteiger partial charge on any atom is -0.340 e. The van der Waals surface area contributed by atoms with Crippen LogP contribution in [0.15, 0.2) is 84.9 Å². The van der Waals surface area contributed by atoms with Crippen LogP contribution < -0.4 is 10.6 Å². The number of hydrogen-bond donors (Lipinski definition) is 2. The van der Waals surface area contributed by atoms with Crippen molar-refractivity contribution in [2.45, 2.75) is 13.8 Å². The van der Waals surface area contributed by atoms with Crippen LogP contribution in [0, 0.1) is 13.8 Å². The van der Waals surface area contributed by atoms with Crippen LogP contribution in [0.25, 0.3) is 11.3 Å². The molecular formula is C25H22N4O. The van der Waals surface area contributed by atoms with Gasteiger partial charge in [0.25, 0.3) is 5.91 Å². The van der Waals surface area contributed by atoms with Gasteiger partial charge in [-0.25, -0.2) is 9.97 Å². The second-order valence-corrected chi connectivity index (χ2v) is 7.08. The molecule has 0 radical (unpaired) electrons. The zero-order valence-corrected chi connectivity index (χ0v) is 16.9. The highest BCUT2D eigenvalue weighted by molar-refractivity contribution is 6.04. The first-order valence-corrected chi connectivity index (χ1v) is 9.73. The van der Waals surface area contributed by atoms with Gasteiger partial charge < -0.3 is 10.6 Å². The Bertz CT molecular complexity index is 1190. The van der Waals surface area contributed by atoms with E-state index >= 15 is 0 Å². The Balaban J connectivity index is 1.55. The SMILES string of the molecule is Cc1cccc(NC(=O)c2cccc(Nc3cc(-c4ccccc4)nc(C)n3)c2)c1. The van der Waals surface area contributed by atoms with Gasteiger partial charge in [0, 0.05) is 28.6 Å². The van der Waals surface area contributed by atoms with Crippen molar-refractivity contribution in [1.82, 2.24) is 9.97 Å². The van der Waals surface area contributed by atoms with E-state index in [1.54, 1.807) is 6.07 Å². The van der Waals surface area contributed by atoms with Crippen LogP contribution in [0.4, 0.5) is 17.2 Å². The van der Waals surface area contributed by atoms with Crippen molar-refractivity contribution in [1.29, 1.82) is 0 Å². The fourth-order valence-electron chi connectivity index (χ4n) is 3.20. The summed E-state index contributed by atoms with van der Waals surface area (Å²) in [7, 11) is 0. The fraction of sp³-hybridized carbons (Fsp3) is 0.0800. The number of nitrogens with one attached hydrogen (secondary N) is 2. The minimum absolute atomic E-state index is 0.159. The van der Waals surface area contributed by atoms with E-state index in [2.05, 4.69) is 20.6 Å². The third-order valence-corrected chi connectivity index (χ3v) is 4.58. The van der Waals surface area contributed by atoms with Crippen molar-refractivity contribution in [3.05, 3.63) is 102 Å². The monoisotopic (exact) mass is 394 g/mol. The van der Waals surface area contributed by atoms with E-state index in [9.17, 15) is 4.79 Å². The predicted octanol–water partition coefficient (Wildman–Crippen LogP) is 5.76. The molecule has 1 heterocycles. The van der Waals surface area contributed by atoms with E-state index in [1.165, 1.54) is 0 Å². The number of carbonyl (C=O) groups excluding carboxylic acids is 1. The lowest BCUT2D eigenvalue weighted by molar-refractivity contribution is 0.102. The number of nitrogens with zero attached hydrogens (tertiary/aromatic N) is 2. The molecule has 0 aliphatic heterocycles. The van der Waals surface area contributed by atoms with Crippen LogP contribution in [0.1, 0.15) is 21.7 Å². The van der Waals surface area contributed by atoms with Crippen molar-refractivity contribution < 1.29 is 4.79 Å². The molecule has 148 valence electrons. The van der Waals surface area contributed by atoms with E-state index in [1.807, 2.05) is 92.7 Å². The number of anilines is 3. The summed E-state index contributed by atoms with van der Waals surface area (Å²) in [6.45, 7) is 3.86. The van der Waals surface area contributed by atoms with Crippen LogP contribution in [-0.2, 0) is 0 Å². The molecule has 5 nitrogen and oxygen atoms in total. The molecule has 0 unspecified atom stereocenters. The Morgan fingerprint density at radius 3 is 2.33 bits per heavy atom. The molecule has 4 aromatic rings. The highest BCUT2D eigenvalue weighted by Crippen LogP contribution is 2.23. The highest BCUT2D eigenvalue weighted by atomic mass is 16.1. The number of rotatable bonds is 5. The zero-order chi connectivity index (χ0) is 20.9. The lowest BCUT2D eigenvalue weighted by Crippen LogP contribution is -2.12. The first kappa shape index (κ1) is 19.3. The first-order chi connectivity index (χ1) is 14.6. The summed E-state index contributed by atoms with van der Waals surface area (Å²) in [4.78, 5) is 21.7. The summed E-state index contributed by atoms with van der Waals surface area (Å²) in [6.07, 6.45) is 0. The standard InChI is InChI=1S/C25H22N4O/c1-17-8-6-12-21(14-17)29-25(30)20-11-7-13-22(15-20)28-24-16-23(26-18(2)27-24)19-9-4-3-5-10-19/h3-16H,1-2H3,(H,29,30)(H,26,27,28). The van der Waals surface area contributed by atoms with Crippen LogP contribution >= 0.6 is 0 Å².